The van der Waals surface area contributed by atoms with Crippen LogP contribution in [-0.4, -0.2) is 51.6 Å². The minimum absolute atomic E-state index is 0.162. The molecule has 2 fully saturated rings. The van der Waals surface area contributed by atoms with Crippen LogP contribution in [0.5, 0.6) is 11.5 Å². The van der Waals surface area contributed by atoms with Gasteiger partial charge in [-0.2, -0.15) is 5.26 Å². The first-order valence-electron chi connectivity index (χ1n) is 17.4. The number of carboxylic acids is 1. The SMILES string of the molecule is Cc1c(COc2cc(OCc3cncc(C#N)c3)c(CN3CCCCC3C(=O)O)cc2Cl)cccc1-c1ccc2oc(C3CCNCC3)nc2c1. The molecule has 2 aliphatic rings. The van der Waals surface area contributed by atoms with Crippen LogP contribution in [0.3, 0.4) is 0 Å². The number of nitriles is 1. The number of fused-ring (bicyclic) bond motifs is 1. The summed E-state index contributed by atoms with van der Waals surface area (Å²) in [5.74, 6) is 1.31. The molecule has 3 aromatic carbocycles. The molecule has 10 nitrogen and oxygen atoms in total. The average Bonchev–Trinajstić information content (AvgIpc) is 3.59. The molecule has 0 radical (unpaired) electrons. The van der Waals surface area contributed by atoms with Gasteiger partial charge >= 0.3 is 5.97 Å². The Balaban J connectivity index is 1.12. The fourth-order valence-corrected chi connectivity index (χ4v) is 7.32. The van der Waals surface area contributed by atoms with Gasteiger partial charge in [0.15, 0.2) is 11.5 Å². The van der Waals surface area contributed by atoms with E-state index in [9.17, 15) is 15.2 Å². The van der Waals surface area contributed by atoms with Gasteiger partial charge < -0.3 is 24.3 Å². The van der Waals surface area contributed by atoms with E-state index in [0.29, 0.717) is 47.5 Å². The van der Waals surface area contributed by atoms with Crippen molar-refractivity contribution in [2.45, 2.75) is 70.7 Å². The number of piperidine rings is 2. The second-order valence-corrected chi connectivity index (χ2v) is 13.7. The molecule has 4 heterocycles. The first-order valence-corrected chi connectivity index (χ1v) is 17.8. The fraction of sp³-hybridized carbons (Fsp3) is 0.350. The molecule has 0 spiro atoms. The molecule has 2 aromatic heterocycles. The van der Waals surface area contributed by atoms with Crippen molar-refractivity contribution in [3.63, 3.8) is 0 Å². The second kappa shape index (κ2) is 15.5. The summed E-state index contributed by atoms with van der Waals surface area (Å²) in [5, 5.41) is 23.0. The molecule has 1 unspecified atom stereocenters. The highest BCUT2D eigenvalue weighted by molar-refractivity contribution is 6.32. The number of pyridine rings is 1. The lowest BCUT2D eigenvalue weighted by atomic mass is 9.96. The van der Waals surface area contributed by atoms with Crippen molar-refractivity contribution >= 4 is 28.7 Å². The quantitative estimate of drug-likeness (QED) is 0.140. The Morgan fingerprint density at radius 2 is 1.88 bits per heavy atom. The summed E-state index contributed by atoms with van der Waals surface area (Å²) in [6.45, 7) is 5.50. The summed E-state index contributed by atoms with van der Waals surface area (Å²) in [6, 6.07) is 19.2. The lowest BCUT2D eigenvalue weighted by molar-refractivity contribution is -0.144. The highest BCUT2D eigenvalue weighted by atomic mass is 35.5. The Morgan fingerprint density at radius 1 is 1.04 bits per heavy atom. The number of aliphatic carboxylic acids is 1. The molecule has 2 aliphatic heterocycles. The van der Waals surface area contributed by atoms with Gasteiger partial charge in [-0.3, -0.25) is 14.7 Å². The van der Waals surface area contributed by atoms with Crippen LogP contribution >= 0.6 is 11.6 Å². The zero-order chi connectivity index (χ0) is 35.3. The third-order valence-corrected chi connectivity index (χ3v) is 10.2. The minimum atomic E-state index is -0.830. The molecule has 51 heavy (non-hydrogen) atoms. The monoisotopic (exact) mass is 705 g/mol. The summed E-state index contributed by atoms with van der Waals surface area (Å²) in [7, 11) is 0. The molecule has 262 valence electrons. The third-order valence-electron chi connectivity index (χ3n) is 9.94. The molecule has 1 atom stereocenters. The Labute approximate surface area is 302 Å². The van der Waals surface area contributed by atoms with Crippen molar-refractivity contribution in [1.82, 2.24) is 20.2 Å². The Kier molecular flexibility index (Phi) is 10.5. The van der Waals surface area contributed by atoms with Gasteiger partial charge in [0.2, 0.25) is 0 Å². The van der Waals surface area contributed by atoms with Crippen molar-refractivity contribution in [2.75, 3.05) is 19.6 Å². The van der Waals surface area contributed by atoms with Crippen molar-refractivity contribution < 1.29 is 23.8 Å². The molecule has 2 N–H and O–H groups in total. The van der Waals surface area contributed by atoms with Crippen LogP contribution in [0.2, 0.25) is 5.02 Å². The Bertz CT molecular complexity index is 2090. The van der Waals surface area contributed by atoms with E-state index in [2.05, 4.69) is 41.5 Å². The summed E-state index contributed by atoms with van der Waals surface area (Å²) >= 11 is 6.84. The number of rotatable bonds is 11. The van der Waals surface area contributed by atoms with Crippen molar-refractivity contribution in [3.05, 3.63) is 106 Å². The number of likely N-dealkylation sites (tertiary alicyclic amines) is 1. The summed E-state index contributed by atoms with van der Waals surface area (Å²) in [5.41, 5.74) is 7.81. The van der Waals surface area contributed by atoms with E-state index >= 15 is 0 Å². The van der Waals surface area contributed by atoms with Gasteiger partial charge in [0.1, 0.15) is 42.3 Å². The molecule has 0 amide bonds. The first-order chi connectivity index (χ1) is 24.9. The second-order valence-electron chi connectivity index (χ2n) is 13.3. The van der Waals surface area contributed by atoms with E-state index in [1.54, 1.807) is 24.4 Å². The predicted molar refractivity (Wildman–Crippen MR) is 194 cm³/mol. The van der Waals surface area contributed by atoms with Crippen LogP contribution in [0.4, 0.5) is 0 Å². The standard InChI is InChI=1S/C40H40ClN5O5/c1-25-30(5-4-6-32(25)29-8-9-36-34(17-29)45-39(51-36)28-10-12-43-13-11-28)24-50-38-18-37(49-23-27-15-26(19-42)20-44-21-27)31(16-33(38)41)22-46-14-3-2-7-35(46)40(47)48/h4-6,8-9,15-18,20-21,28,35,43H,2-3,7,10-14,22-24H2,1H3,(H,47,48). The topological polar surface area (TPSA) is 134 Å². The highest BCUT2D eigenvalue weighted by Gasteiger charge is 2.29. The van der Waals surface area contributed by atoms with E-state index in [1.165, 1.54) is 6.20 Å². The number of aromatic nitrogens is 2. The van der Waals surface area contributed by atoms with Gasteiger partial charge in [0.25, 0.3) is 0 Å². The zero-order valence-electron chi connectivity index (χ0n) is 28.5. The normalized spacial score (nSPS) is 16.9. The number of carbonyl (C=O) groups is 1. The van der Waals surface area contributed by atoms with Crippen molar-refractivity contribution in [1.29, 1.82) is 5.26 Å². The lowest BCUT2D eigenvalue weighted by Crippen LogP contribution is -2.44. The summed E-state index contributed by atoms with van der Waals surface area (Å²) in [6.07, 6.45) is 7.60. The number of nitrogens with one attached hydrogen (secondary N) is 1. The van der Waals surface area contributed by atoms with E-state index in [4.69, 9.17) is 30.5 Å². The number of hydrogen-bond acceptors (Lipinski definition) is 9. The molecule has 0 bridgehead atoms. The van der Waals surface area contributed by atoms with Crippen LogP contribution in [-0.2, 0) is 24.6 Å². The maximum absolute atomic E-state index is 12.1. The number of benzene rings is 3. The van der Waals surface area contributed by atoms with Gasteiger partial charge in [-0.25, -0.2) is 4.98 Å². The maximum Gasteiger partial charge on any atom is 0.320 e. The van der Waals surface area contributed by atoms with Crippen molar-refractivity contribution in [2.24, 2.45) is 0 Å². The molecular weight excluding hydrogens is 666 g/mol. The van der Waals surface area contributed by atoms with Crippen LogP contribution in [0, 0.1) is 18.3 Å². The third kappa shape index (κ3) is 7.86. The number of nitrogens with zero attached hydrogens (tertiary/aromatic N) is 4. The van der Waals surface area contributed by atoms with Crippen LogP contribution < -0.4 is 14.8 Å². The van der Waals surface area contributed by atoms with E-state index in [1.807, 2.05) is 23.1 Å². The predicted octanol–water partition coefficient (Wildman–Crippen LogP) is 7.79. The van der Waals surface area contributed by atoms with Crippen molar-refractivity contribution in [3.8, 4) is 28.7 Å². The van der Waals surface area contributed by atoms with Gasteiger partial charge in [0.05, 0.1) is 10.6 Å². The van der Waals surface area contributed by atoms with Crippen LogP contribution in [0.15, 0.2) is 71.4 Å². The smallest absolute Gasteiger partial charge is 0.320 e. The number of hydrogen-bond donors (Lipinski definition) is 2. The van der Waals surface area contributed by atoms with Gasteiger partial charge in [0, 0.05) is 42.0 Å². The molecule has 5 aromatic rings. The largest absolute Gasteiger partial charge is 0.488 e. The average molecular weight is 706 g/mol. The summed E-state index contributed by atoms with van der Waals surface area (Å²) in [4.78, 5) is 23.0. The van der Waals surface area contributed by atoms with E-state index < -0.39 is 12.0 Å². The molecular formula is C40H40ClN5O5. The van der Waals surface area contributed by atoms with Gasteiger partial charge in [-0.1, -0.05) is 42.3 Å². The van der Waals surface area contributed by atoms with Gasteiger partial charge in [-0.05, 0) is 98.8 Å². The number of oxazole rings is 1. The van der Waals surface area contributed by atoms with Crippen LogP contribution in [0.25, 0.3) is 22.2 Å². The number of carboxylic acid groups (broad SMARTS) is 1. The van der Waals surface area contributed by atoms with Crippen LogP contribution in [0.1, 0.15) is 71.7 Å². The zero-order valence-corrected chi connectivity index (χ0v) is 29.3. The highest BCUT2D eigenvalue weighted by Crippen LogP contribution is 2.37. The molecule has 0 saturated carbocycles. The Morgan fingerprint density at radius 3 is 2.71 bits per heavy atom. The maximum atomic E-state index is 12.1. The molecule has 11 heteroatoms. The number of ether oxygens (including phenoxy) is 2. The minimum Gasteiger partial charge on any atom is -0.488 e. The van der Waals surface area contributed by atoms with E-state index in [0.717, 1.165) is 89.1 Å². The first kappa shape index (κ1) is 34.5. The molecule has 7 rings (SSSR count). The van der Waals surface area contributed by atoms with Gasteiger partial charge in [-0.15, -0.1) is 0 Å². The molecule has 0 aliphatic carbocycles. The fourth-order valence-electron chi connectivity index (χ4n) is 7.08. The van der Waals surface area contributed by atoms with E-state index in [-0.39, 0.29) is 13.2 Å². The number of halogens is 1. The molecule has 2 saturated heterocycles. The lowest BCUT2D eigenvalue weighted by Gasteiger charge is -2.33. The Hall–Kier alpha value is -4.95. The summed E-state index contributed by atoms with van der Waals surface area (Å²) < 4.78 is 18.8.